The number of aliphatic hydroxyl groups is 3. The minimum atomic E-state index is -1.81. The van der Waals surface area contributed by atoms with Gasteiger partial charge in [0.05, 0.1) is 60.4 Å². The molecule has 0 bridgehead atoms. The Morgan fingerprint density at radius 2 is 1.88 bits per heavy atom. The van der Waals surface area contributed by atoms with E-state index in [9.17, 15) is 35.1 Å². The van der Waals surface area contributed by atoms with Crippen LogP contribution >= 0.6 is 0 Å². The van der Waals surface area contributed by atoms with Gasteiger partial charge in [-0.1, -0.05) is 12.1 Å². The molecule has 1 saturated heterocycles. The maximum absolute atomic E-state index is 13.7. The highest BCUT2D eigenvalue weighted by molar-refractivity contribution is 6.31. The molecule has 0 saturated carbocycles. The van der Waals surface area contributed by atoms with Gasteiger partial charge in [-0.3, -0.25) is 9.59 Å². The van der Waals surface area contributed by atoms with Crippen molar-refractivity contribution in [2.45, 2.75) is 68.5 Å². The van der Waals surface area contributed by atoms with E-state index in [0.29, 0.717) is 0 Å². The summed E-state index contributed by atoms with van der Waals surface area (Å²) in [6.45, 7) is 1.08. The lowest BCUT2D eigenvalue weighted by Gasteiger charge is -2.44. The number of benzene rings is 2. The number of nitrogens with one attached hydrogen (secondary N) is 1. The molecule has 12 heteroatoms. The van der Waals surface area contributed by atoms with E-state index in [-0.39, 0.29) is 53.3 Å². The number of carbonyl (C=O) groups excluding carboxylic acids is 2. The molecule has 1 aliphatic heterocycles. The molecule has 5 rings (SSSR count). The van der Waals surface area contributed by atoms with Crippen molar-refractivity contribution in [2.75, 3.05) is 20.8 Å². The van der Waals surface area contributed by atoms with E-state index in [0.717, 1.165) is 0 Å². The van der Waals surface area contributed by atoms with E-state index in [1.54, 1.807) is 14.0 Å². The number of phenolic OH excluding ortho intramolecular Hbond substituents is 2. The maximum atomic E-state index is 13.7. The average molecular weight is 559 g/mol. The van der Waals surface area contributed by atoms with Crippen LogP contribution in [0.15, 0.2) is 18.2 Å². The molecule has 0 aromatic heterocycles. The molecule has 1 fully saturated rings. The monoisotopic (exact) mass is 558 g/mol. The van der Waals surface area contributed by atoms with Crippen LogP contribution in [-0.2, 0) is 15.9 Å². The van der Waals surface area contributed by atoms with Crippen molar-refractivity contribution in [3.8, 4) is 17.2 Å². The van der Waals surface area contributed by atoms with Crippen LogP contribution in [-0.4, -0.2) is 94.0 Å². The first-order valence-electron chi connectivity index (χ1n) is 13.1. The van der Waals surface area contributed by atoms with Crippen LogP contribution in [0.3, 0.4) is 0 Å². The zero-order chi connectivity index (χ0) is 29.1. The topological polar surface area (TPSA) is 201 Å². The van der Waals surface area contributed by atoms with Crippen LogP contribution in [0.4, 0.5) is 0 Å². The Kier molecular flexibility index (Phi) is 7.38. The van der Waals surface area contributed by atoms with Gasteiger partial charge in [0.15, 0.2) is 12.1 Å². The van der Waals surface area contributed by atoms with Gasteiger partial charge in [0, 0.05) is 42.0 Å². The summed E-state index contributed by atoms with van der Waals surface area (Å²) in [5.74, 6) is -2.45. The first-order chi connectivity index (χ1) is 19.0. The Labute approximate surface area is 230 Å². The molecule has 40 heavy (non-hydrogen) atoms. The maximum Gasteiger partial charge on any atom is 0.202 e. The number of ether oxygens (including phenoxy) is 3. The Bertz CT molecular complexity index is 1360. The van der Waals surface area contributed by atoms with Gasteiger partial charge in [0.2, 0.25) is 5.78 Å². The van der Waals surface area contributed by atoms with Crippen LogP contribution in [0.1, 0.15) is 68.8 Å². The average Bonchev–Trinajstić information content (AvgIpc) is 2.94. The van der Waals surface area contributed by atoms with Gasteiger partial charge in [-0.05, 0) is 20.0 Å². The van der Waals surface area contributed by atoms with E-state index in [1.807, 2.05) is 0 Å². The number of hydrogen-bond acceptors (Lipinski definition) is 12. The molecular weight excluding hydrogens is 524 g/mol. The molecule has 0 radical (unpaired) electrons. The Morgan fingerprint density at radius 3 is 2.52 bits per heavy atom. The molecule has 12 nitrogen and oxygen atoms in total. The van der Waals surface area contributed by atoms with Gasteiger partial charge in [0.25, 0.3) is 0 Å². The largest absolute Gasteiger partial charge is 0.507 e. The predicted octanol–water partition coefficient (Wildman–Crippen LogP) is 0.0202. The SMILES string of the molecule is CNC1CC(OC2CC(O)(C(N)CO)Cc3c(O)c4c(c(O)c32)C(=O)c2c(OC)cccc2C4=O)OC(C)C1O. The first-order valence-corrected chi connectivity index (χ1v) is 13.1. The number of carbonyl (C=O) groups is 2. The zero-order valence-corrected chi connectivity index (χ0v) is 22.4. The summed E-state index contributed by atoms with van der Waals surface area (Å²) in [4.78, 5) is 27.3. The second kappa shape index (κ2) is 10.4. The molecular formula is C28H34N2O10. The summed E-state index contributed by atoms with van der Waals surface area (Å²) in [5, 5.41) is 57.8. The summed E-state index contributed by atoms with van der Waals surface area (Å²) in [6.07, 6.45) is -3.87. The summed E-state index contributed by atoms with van der Waals surface area (Å²) < 4.78 is 17.4. The molecule has 8 N–H and O–H groups in total. The van der Waals surface area contributed by atoms with Crippen molar-refractivity contribution in [2.24, 2.45) is 5.73 Å². The van der Waals surface area contributed by atoms with Gasteiger partial charge in [-0.2, -0.15) is 0 Å². The zero-order valence-electron chi connectivity index (χ0n) is 22.4. The summed E-state index contributed by atoms with van der Waals surface area (Å²) in [7, 11) is 3.03. The Hall–Kier alpha value is -3.10. The lowest BCUT2D eigenvalue weighted by Crippen LogP contribution is -2.56. The van der Waals surface area contributed by atoms with Crippen LogP contribution in [0.2, 0.25) is 0 Å². The second-order valence-corrected chi connectivity index (χ2v) is 10.7. The molecule has 2 aromatic rings. The fraction of sp³-hybridized carbons (Fsp3) is 0.500. The van der Waals surface area contributed by atoms with Crippen molar-refractivity contribution in [1.82, 2.24) is 5.32 Å². The lowest BCUT2D eigenvalue weighted by atomic mass is 9.71. The first kappa shape index (κ1) is 28.4. The number of hydrogen-bond donors (Lipinski definition) is 7. The van der Waals surface area contributed by atoms with Crippen molar-refractivity contribution < 1.29 is 49.3 Å². The van der Waals surface area contributed by atoms with Crippen molar-refractivity contribution in [3.05, 3.63) is 51.6 Å². The third-order valence-corrected chi connectivity index (χ3v) is 8.39. The Morgan fingerprint density at radius 1 is 1.18 bits per heavy atom. The normalized spacial score (nSPS) is 30.3. The standard InChI is InChI=1S/C28H34N2O10/c1-11-23(32)14(30-2)7-18(39-11)40-16-9-28(37,17(29)10-31)8-13-20(16)27(36)22-21(25(13)34)24(33)12-5-4-6-15(38-3)19(12)26(22)35/h4-6,11,14,16-18,23,30-32,34,36-37H,7-10,29H2,1-3H3. The van der Waals surface area contributed by atoms with Crippen molar-refractivity contribution in [3.63, 3.8) is 0 Å². The number of fused-ring (bicyclic) bond motifs is 3. The number of ketones is 2. The lowest BCUT2D eigenvalue weighted by molar-refractivity contribution is -0.250. The molecule has 7 atom stereocenters. The third kappa shape index (κ3) is 4.27. The molecule has 2 aromatic carbocycles. The van der Waals surface area contributed by atoms with Crippen LogP contribution in [0.5, 0.6) is 17.2 Å². The highest BCUT2D eigenvalue weighted by atomic mass is 16.7. The highest BCUT2D eigenvalue weighted by Gasteiger charge is 2.49. The van der Waals surface area contributed by atoms with Gasteiger partial charge < -0.3 is 50.8 Å². The van der Waals surface area contributed by atoms with Crippen molar-refractivity contribution in [1.29, 1.82) is 0 Å². The van der Waals surface area contributed by atoms with Crippen molar-refractivity contribution >= 4 is 11.6 Å². The van der Waals surface area contributed by atoms with Crippen LogP contribution in [0.25, 0.3) is 0 Å². The van der Waals surface area contributed by atoms with E-state index in [1.165, 1.54) is 25.3 Å². The van der Waals surface area contributed by atoms with Gasteiger partial charge in [-0.25, -0.2) is 0 Å². The second-order valence-electron chi connectivity index (χ2n) is 10.7. The number of aromatic hydroxyl groups is 2. The summed E-state index contributed by atoms with van der Waals surface area (Å²) in [6, 6.07) is 2.93. The minimum absolute atomic E-state index is 0.00121. The molecule has 0 spiro atoms. The van der Waals surface area contributed by atoms with Crippen LogP contribution < -0.4 is 15.8 Å². The van der Waals surface area contributed by atoms with Gasteiger partial charge >= 0.3 is 0 Å². The van der Waals surface area contributed by atoms with Crippen LogP contribution in [0, 0.1) is 0 Å². The molecule has 0 amide bonds. The fourth-order valence-electron chi connectivity index (χ4n) is 6.12. The smallest absolute Gasteiger partial charge is 0.202 e. The summed E-state index contributed by atoms with van der Waals surface area (Å²) in [5.41, 5.74) is 3.41. The van der Waals surface area contributed by atoms with E-state index in [4.69, 9.17) is 19.9 Å². The number of methoxy groups -OCH3 is 1. The van der Waals surface area contributed by atoms with E-state index >= 15 is 0 Å². The van der Waals surface area contributed by atoms with E-state index in [2.05, 4.69) is 5.32 Å². The summed E-state index contributed by atoms with van der Waals surface area (Å²) >= 11 is 0. The molecule has 216 valence electrons. The fourth-order valence-corrected chi connectivity index (χ4v) is 6.12. The quantitative estimate of drug-likeness (QED) is 0.200. The number of aliphatic hydroxyl groups excluding tert-OH is 2. The number of rotatable bonds is 6. The highest BCUT2D eigenvalue weighted by Crippen LogP contribution is 2.52. The molecule has 2 aliphatic carbocycles. The molecule has 1 heterocycles. The van der Waals surface area contributed by atoms with Gasteiger partial charge in [0.1, 0.15) is 17.2 Å². The number of phenols is 2. The minimum Gasteiger partial charge on any atom is -0.507 e. The third-order valence-electron chi connectivity index (χ3n) is 8.39. The van der Waals surface area contributed by atoms with Gasteiger partial charge in [-0.15, -0.1) is 0 Å². The number of nitrogens with two attached hydrogens (primary N) is 1. The predicted molar refractivity (Wildman–Crippen MR) is 140 cm³/mol. The molecule has 3 aliphatic rings. The Balaban J connectivity index is 1.67. The van der Waals surface area contributed by atoms with E-state index < -0.39 is 77.0 Å². The number of likely N-dealkylation sites (N-methyl/N-ethyl adjacent to an activating group) is 1. The molecule has 7 unspecified atom stereocenters.